The molecular weight excluding hydrogens is 576 g/mol. The molecule has 2 aromatic carbocycles. The van der Waals surface area contributed by atoms with Crippen LogP contribution < -0.4 is 21.3 Å². The van der Waals surface area contributed by atoms with Gasteiger partial charge >= 0.3 is 24.0 Å². The predicted octanol–water partition coefficient (Wildman–Crippen LogP) is 7.59. The Morgan fingerprint density at radius 1 is 0.548 bits per heavy atom. The van der Waals surface area contributed by atoms with E-state index in [1.165, 1.54) is 36.9 Å². The summed E-state index contributed by atoms with van der Waals surface area (Å²) in [6, 6.07) is 17.6. The molecule has 0 atom stereocenters. The van der Waals surface area contributed by atoms with Gasteiger partial charge in [-0.15, -0.1) is 22.7 Å². The zero-order valence-corrected chi connectivity index (χ0v) is 25.7. The van der Waals surface area contributed by atoms with E-state index in [1.807, 2.05) is 76.2 Å². The summed E-state index contributed by atoms with van der Waals surface area (Å²) in [7, 11) is 2.63. The zero-order valence-electron chi connectivity index (χ0n) is 24.0. The van der Waals surface area contributed by atoms with Crippen LogP contribution in [0.2, 0.25) is 0 Å². The first kappa shape index (κ1) is 31.8. The van der Waals surface area contributed by atoms with Crippen LogP contribution in [0.5, 0.6) is 0 Å². The summed E-state index contributed by atoms with van der Waals surface area (Å²) in [4.78, 5) is 49.8. The number of rotatable bonds is 6. The number of methoxy groups -OCH3 is 2. The van der Waals surface area contributed by atoms with Gasteiger partial charge in [-0.25, -0.2) is 19.2 Å². The van der Waals surface area contributed by atoms with Crippen LogP contribution in [0, 0.1) is 27.7 Å². The van der Waals surface area contributed by atoms with E-state index in [1.54, 1.807) is 12.1 Å². The van der Waals surface area contributed by atoms with Gasteiger partial charge in [-0.1, -0.05) is 35.4 Å². The van der Waals surface area contributed by atoms with E-state index in [9.17, 15) is 19.2 Å². The number of hydrogen-bond acceptors (Lipinski definition) is 8. The monoisotopic (exact) mass is 608 g/mol. The SMILES string of the molecule is COC(=O)c1sc(C)cc1NC(=O)Nc1ccc(C)cc1.COC(=O)c1sc(C)cc1NC(=O)Nc1ccc(C)cc1. The van der Waals surface area contributed by atoms with Crippen LogP contribution in [-0.2, 0) is 9.47 Å². The maximum atomic E-state index is 12.0. The van der Waals surface area contributed by atoms with Gasteiger partial charge in [0.15, 0.2) is 0 Å². The number of benzene rings is 2. The molecule has 0 aliphatic heterocycles. The first-order valence-corrected chi connectivity index (χ1v) is 14.3. The van der Waals surface area contributed by atoms with E-state index >= 15 is 0 Å². The fourth-order valence-corrected chi connectivity index (χ4v) is 5.32. The molecule has 2 aromatic heterocycles. The molecule has 10 nitrogen and oxygen atoms in total. The third-order valence-electron chi connectivity index (χ3n) is 5.57. The number of carbonyl (C=O) groups is 4. The third-order valence-corrected chi connectivity index (χ3v) is 7.63. The summed E-state index contributed by atoms with van der Waals surface area (Å²) in [5.41, 5.74) is 4.50. The highest BCUT2D eigenvalue weighted by molar-refractivity contribution is 7.14. The number of ether oxygens (including phenoxy) is 2. The highest BCUT2D eigenvalue weighted by Crippen LogP contribution is 2.28. The minimum Gasteiger partial charge on any atom is -0.465 e. The molecule has 0 aliphatic carbocycles. The number of hydrogen-bond donors (Lipinski definition) is 4. The molecule has 220 valence electrons. The Morgan fingerprint density at radius 2 is 0.881 bits per heavy atom. The minimum absolute atomic E-state index is 0.383. The van der Waals surface area contributed by atoms with E-state index in [4.69, 9.17) is 9.47 Å². The highest BCUT2D eigenvalue weighted by Gasteiger charge is 2.18. The van der Waals surface area contributed by atoms with Crippen molar-refractivity contribution in [3.8, 4) is 0 Å². The molecule has 0 fully saturated rings. The van der Waals surface area contributed by atoms with Gasteiger partial charge in [-0.3, -0.25) is 0 Å². The van der Waals surface area contributed by atoms with E-state index in [0.29, 0.717) is 32.5 Å². The number of esters is 2. The molecule has 0 bridgehead atoms. The number of nitrogens with one attached hydrogen (secondary N) is 4. The van der Waals surface area contributed by atoms with Gasteiger partial charge in [0.2, 0.25) is 0 Å². The van der Waals surface area contributed by atoms with Gasteiger partial charge in [0, 0.05) is 21.1 Å². The molecule has 0 aliphatic rings. The van der Waals surface area contributed by atoms with Gasteiger partial charge in [0.25, 0.3) is 0 Å². The Bertz CT molecular complexity index is 1440. The smallest absolute Gasteiger partial charge is 0.350 e. The lowest BCUT2D eigenvalue weighted by molar-refractivity contribution is 0.0598. The molecule has 0 unspecified atom stereocenters. The lowest BCUT2D eigenvalue weighted by Crippen LogP contribution is -2.20. The predicted molar refractivity (Wildman–Crippen MR) is 168 cm³/mol. The van der Waals surface area contributed by atoms with Gasteiger partial charge in [-0.2, -0.15) is 0 Å². The van der Waals surface area contributed by atoms with E-state index < -0.39 is 24.0 Å². The first-order chi connectivity index (χ1) is 20.0. The zero-order chi connectivity index (χ0) is 30.8. The molecule has 0 saturated heterocycles. The first-order valence-electron chi connectivity index (χ1n) is 12.7. The topological polar surface area (TPSA) is 135 Å². The van der Waals surface area contributed by atoms with E-state index in [0.717, 1.165) is 20.9 Å². The third kappa shape index (κ3) is 9.18. The van der Waals surface area contributed by atoms with Crippen molar-refractivity contribution in [1.82, 2.24) is 0 Å². The Balaban J connectivity index is 0.000000230. The van der Waals surface area contributed by atoms with Crippen molar-refractivity contribution >= 4 is 69.4 Å². The molecule has 12 heteroatoms. The van der Waals surface area contributed by atoms with Gasteiger partial charge < -0.3 is 30.7 Å². The van der Waals surface area contributed by atoms with Gasteiger partial charge in [-0.05, 0) is 64.1 Å². The van der Waals surface area contributed by atoms with E-state index in [2.05, 4.69) is 21.3 Å². The second-order valence-electron chi connectivity index (χ2n) is 9.07. The molecule has 4 amide bonds. The van der Waals surface area contributed by atoms with Gasteiger partial charge in [0.05, 0.1) is 25.6 Å². The van der Waals surface area contributed by atoms with Crippen LogP contribution in [0.25, 0.3) is 0 Å². The second-order valence-corrected chi connectivity index (χ2v) is 11.6. The summed E-state index contributed by atoms with van der Waals surface area (Å²) in [6.45, 7) is 7.67. The molecule has 0 saturated carbocycles. The second kappa shape index (κ2) is 14.8. The Morgan fingerprint density at radius 3 is 1.19 bits per heavy atom. The number of aryl methyl sites for hydroxylation is 4. The molecule has 0 radical (unpaired) electrons. The summed E-state index contributed by atoms with van der Waals surface area (Å²) in [5.74, 6) is -0.919. The quantitative estimate of drug-likeness (QED) is 0.167. The summed E-state index contributed by atoms with van der Waals surface area (Å²) < 4.78 is 9.41. The van der Waals surface area contributed by atoms with Crippen molar-refractivity contribution in [2.75, 3.05) is 35.5 Å². The summed E-state index contributed by atoms with van der Waals surface area (Å²) >= 11 is 2.56. The molecular formula is C30H32N4O6S2. The van der Waals surface area contributed by atoms with Gasteiger partial charge in [0.1, 0.15) is 9.75 Å². The molecule has 0 spiro atoms. The normalized spacial score (nSPS) is 10.0. The highest BCUT2D eigenvalue weighted by atomic mass is 32.1. The lowest BCUT2D eigenvalue weighted by atomic mass is 10.2. The van der Waals surface area contributed by atoms with Crippen molar-refractivity contribution in [2.24, 2.45) is 0 Å². The van der Waals surface area contributed by atoms with Crippen molar-refractivity contribution in [3.05, 3.63) is 91.3 Å². The average molecular weight is 609 g/mol. The van der Waals surface area contributed by atoms with E-state index in [-0.39, 0.29) is 0 Å². The maximum Gasteiger partial charge on any atom is 0.350 e. The van der Waals surface area contributed by atoms with Crippen molar-refractivity contribution in [1.29, 1.82) is 0 Å². The Kier molecular flexibility index (Phi) is 11.2. The molecule has 2 heterocycles. The number of amides is 4. The fraction of sp³-hybridized carbons (Fsp3) is 0.200. The summed E-state index contributed by atoms with van der Waals surface area (Å²) in [6.07, 6.45) is 0. The number of carbonyl (C=O) groups excluding carboxylic acids is 4. The van der Waals surface area contributed by atoms with Crippen molar-refractivity contribution in [2.45, 2.75) is 27.7 Å². The van der Waals surface area contributed by atoms with Crippen molar-refractivity contribution < 1.29 is 28.7 Å². The standard InChI is InChI=1S/2C15H16N2O3S/c2*1-9-4-6-11(7-5-9)16-15(19)17-12-8-10(2)21-13(12)14(18)20-3/h2*4-8H,1-3H3,(H2,16,17,19). The maximum absolute atomic E-state index is 12.0. The summed E-state index contributed by atoms with van der Waals surface area (Å²) in [5, 5.41) is 10.8. The number of urea groups is 2. The van der Waals surface area contributed by atoms with Crippen LogP contribution in [0.4, 0.5) is 32.3 Å². The lowest BCUT2D eigenvalue weighted by Gasteiger charge is -2.08. The van der Waals surface area contributed by atoms with Crippen LogP contribution in [-0.4, -0.2) is 38.2 Å². The van der Waals surface area contributed by atoms with Crippen LogP contribution in [0.3, 0.4) is 0 Å². The Hall–Kier alpha value is -4.68. The van der Waals surface area contributed by atoms with Crippen LogP contribution in [0.15, 0.2) is 60.7 Å². The largest absolute Gasteiger partial charge is 0.465 e. The van der Waals surface area contributed by atoms with Crippen molar-refractivity contribution in [3.63, 3.8) is 0 Å². The van der Waals surface area contributed by atoms with Crippen LogP contribution >= 0.6 is 22.7 Å². The minimum atomic E-state index is -0.460. The Labute approximate surface area is 252 Å². The van der Waals surface area contributed by atoms with Crippen LogP contribution in [0.1, 0.15) is 40.2 Å². The molecule has 4 rings (SSSR count). The number of thiophene rings is 2. The molecule has 4 N–H and O–H groups in total. The molecule has 4 aromatic rings. The number of anilines is 4. The molecule has 42 heavy (non-hydrogen) atoms. The average Bonchev–Trinajstić information content (AvgIpc) is 3.51. The fourth-order valence-electron chi connectivity index (χ4n) is 3.55.